The van der Waals surface area contributed by atoms with E-state index in [1.54, 1.807) is 6.92 Å². The molecule has 1 aliphatic heterocycles. The van der Waals surface area contributed by atoms with E-state index < -0.39 is 11.7 Å². The van der Waals surface area contributed by atoms with Crippen LogP contribution in [0.15, 0.2) is 23.2 Å². The molecular weight excluding hydrogens is 259 g/mol. The van der Waals surface area contributed by atoms with Gasteiger partial charge in [0, 0.05) is 12.2 Å². The molecule has 2 rings (SSSR count). The quantitative estimate of drug-likeness (QED) is 0.887. The molecule has 0 unspecified atom stereocenters. The lowest BCUT2D eigenvalue weighted by molar-refractivity contribution is -0.137. The summed E-state index contributed by atoms with van der Waals surface area (Å²) in [5.74, 6) is 0. The molecule has 0 bridgehead atoms. The Morgan fingerprint density at radius 1 is 1.47 bits per heavy atom. The molecule has 1 atom stereocenters. The number of benzene rings is 1. The van der Waals surface area contributed by atoms with Gasteiger partial charge in [0.05, 0.1) is 5.56 Å². The van der Waals surface area contributed by atoms with Gasteiger partial charge < -0.3 is 15.8 Å². The predicted molar refractivity (Wildman–Crippen MR) is 66.0 cm³/mol. The summed E-state index contributed by atoms with van der Waals surface area (Å²) in [6.07, 6.45) is -4.32. The van der Waals surface area contributed by atoms with Gasteiger partial charge in [-0.15, -0.1) is 0 Å². The topological polar surface area (TPSA) is 59.6 Å². The van der Waals surface area contributed by atoms with Crippen molar-refractivity contribution in [2.45, 2.75) is 19.1 Å². The van der Waals surface area contributed by atoms with Crippen molar-refractivity contribution in [2.75, 3.05) is 18.5 Å². The summed E-state index contributed by atoms with van der Waals surface area (Å²) in [6, 6.07) is 3.63. The number of rotatable bonds is 3. The number of ether oxygens (including phenoxy) is 1. The van der Waals surface area contributed by atoms with Crippen molar-refractivity contribution < 1.29 is 17.9 Å². The van der Waals surface area contributed by atoms with Gasteiger partial charge in [0.1, 0.15) is 12.6 Å². The van der Waals surface area contributed by atoms with Crippen LogP contribution in [-0.2, 0) is 10.9 Å². The molecule has 7 heteroatoms. The van der Waals surface area contributed by atoms with Crippen LogP contribution < -0.4 is 11.1 Å². The van der Waals surface area contributed by atoms with Gasteiger partial charge >= 0.3 is 6.18 Å². The predicted octanol–water partition coefficient (Wildman–Crippen LogP) is 2.14. The van der Waals surface area contributed by atoms with Crippen molar-refractivity contribution >= 4 is 11.7 Å². The standard InChI is InChI=1S/C12H14F3N3O/c1-7-4-8(12(13,14)15)2-3-10(7)17-5-9-6-19-11(16)18-9/h2-4,9,17H,5-6H2,1H3,(H2,16,18)/t9-/m0/s1. The average Bonchev–Trinajstić information content (AvgIpc) is 2.72. The number of nitrogens with two attached hydrogens (primary N) is 1. The van der Waals surface area contributed by atoms with Crippen LogP contribution in [0.25, 0.3) is 0 Å². The number of anilines is 1. The van der Waals surface area contributed by atoms with Crippen LogP contribution in [0, 0.1) is 6.92 Å². The number of aryl methyl sites for hydroxylation is 1. The van der Waals surface area contributed by atoms with Gasteiger partial charge in [0.15, 0.2) is 0 Å². The van der Waals surface area contributed by atoms with E-state index in [4.69, 9.17) is 10.5 Å². The molecule has 0 spiro atoms. The van der Waals surface area contributed by atoms with Gasteiger partial charge in [0.25, 0.3) is 6.02 Å². The normalized spacial score (nSPS) is 18.9. The molecule has 0 aromatic heterocycles. The molecule has 0 amide bonds. The lowest BCUT2D eigenvalue weighted by Gasteiger charge is -2.14. The molecule has 1 aliphatic rings. The van der Waals surface area contributed by atoms with E-state index in [-0.39, 0.29) is 12.1 Å². The molecule has 0 radical (unpaired) electrons. The Bertz CT molecular complexity index is 499. The molecule has 0 aliphatic carbocycles. The summed E-state index contributed by atoms with van der Waals surface area (Å²) in [6.45, 7) is 2.48. The van der Waals surface area contributed by atoms with E-state index in [2.05, 4.69) is 10.3 Å². The molecule has 1 aromatic carbocycles. The van der Waals surface area contributed by atoms with Crippen molar-refractivity contribution in [3.8, 4) is 0 Å². The van der Waals surface area contributed by atoms with Crippen LogP contribution in [0.2, 0.25) is 0 Å². The Hall–Kier alpha value is -1.92. The number of aliphatic imine (C=N–C) groups is 1. The third-order valence-electron chi connectivity index (χ3n) is 2.82. The largest absolute Gasteiger partial charge is 0.463 e. The number of alkyl halides is 3. The van der Waals surface area contributed by atoms with E-state index in [9.17, 15) is 13.2 Å². The van der Waals surface area contributed by atoms with Crippen LogP contribution in [0.3, 0.4) is 0 Å². The molecule has 1 aromatic rings. The fraction of sp³-hybridized carbons (Fsp3) is 0.417. The summed E-state index contributed by atoms with van der Waals surface area (Å²) in [4.78, 5) is 4.02. The van der Waals surface area contributed by atoms with Gasteiger partial charge in [-0.2, -0.15) is 13.2 Å². The number of amidine groups is 1. The van der Waals surface area contributed by atoms with Gasteiger partial charge in [-0.25, -0.2) is 4.99 Å². The Morgan fingerprint density at radius 3 is 2.74 bits per heavy atom. The third-order valence-corrected chi connectivity index (χ3v) is 2.82. The molecule has 4 nitrogen and oxygen atoms in total. The summed E-state index contributed by atoms with van der Waals surface area (Å²) < 4.78 is 42.5. The maximum absolute atomic E-state index is 12.5. The number of nitrogens with zero attached hydrogens (tertiary/aromatic N) is 1. The van der Waals surface area contributed by atoms with Crippen molar-refractivity contribution in [3.05, 3.63) is 29.3 Å². The first-order chi connectivity index (χ1) is 8.86. The van der Waals surface area contributed by atoms with Crippen molar-refractivity contribution in [1.82, 2.24) is 0 Å². The number of hydrogen-bond donors (Lipinski definition) is 2. The second-order valence-corrected chi connectivity index (χ2v) is 4.34. The number of halogens is 3. The summed E-state index contributed by atoms with van der Waals surface area (Å²) in [5, 5.41) is 3.04. The van der Waals surface area contributed by atoms with E-state index >= 15 is 0 Å². The SMILES string of the molecule is Cc1cc(C(F)(F)F)ccc1NC[C@H]1COC(N)=N1. The Kier molecular flexibility index (Phi) is 3.55. The lowest BCUT2D eigenvalue weighted by atomic mass is 10.1. The summed E-state index contributed by atoms with van der Waals surface area (Å²) in [5.41, 5.74) is 5.90. The highest BCUT2D eigenvalue weighted by Crippen LogP contribution is 2.31. The van der Waals surface area contributed by atoms with E-state index in [1.807, 2.05) is 0 Å². The average molecular weight is 273 g/mol. The second kappa shape index (κ2) is 4.99. The molecule has 19 heavy (non-hydrogen) atoms. The maximum atomic E-state index is 12.5. The smallest absolute Gasteiger partial charge is 0.416 e. The number of nitrogens with one attached hydrogen (secondary N) is 1. The Morgan fingerprint density at radius 2 is 2.21 bits per heavy atom. The Labute approximate surface area is 108 Å². The fourth-order valence-electron chi connectivity index (χ4n) is 1.81. The molecule has 0 saturated carbocycles. The van der Waals surface area contributed by atoms with Crippen LogP contribution in [0.4, 0.5) is 18.9 Å². The highest BCUT2D eigenvalue weighted by molar-refractivity contribution is 5.73. The van der Waals surface area contributed by atoms with Gasteiger partial charge in [-0.3, -0.25) is 0 Å². The van der Waals surface area contributed by atoms with Gasteiger partial charge in [-0.1, -0.05) is 0 Å². The third kappa shape index (κ3) is 3.30. The molecule has 0 fully saturated rings. The zero-order valence-corrected chi connectivity index (χ0v) is 10.3. The molecule has 104 valence electrons. The van der Waals surface area contributed by atoms with E-state index in [0.717, 1.165) is 12.1 Å². The van der Waals surface area contributed by atoms with Crippen molar-refractivity contribution in [1.29, 1.82) is 0 Å². The Balaban J connectivity index is 2.02. The molecule has 3 N–H and O–H groups in total. The van der Waals surface area contributed by atoms with Crippen LogP contribution in [-0.4, -0.2) is 25.2 Å². The van der Waals surface area contributed by atoms with E-state index in [1.165, 1.54) is 6.07 Å². The minimum atomic E-state index is -4.32. The minimum absolute atomic E-state index is 0.110. The first-order valence-corrected chi connectivity index (χ1v) is 5.74. The fourth-order valence-corrected chi connectivity index (χ4v) is 1.81. The second-order valence-electron chi connectivity index (χ2n) is 4.34. The van der Waals surface area contributed by atoms with Crippen LogP contribution in [0.5, 0.6) is 0 Å². The monoisotopic (exact) mass is 273 g/mol. The summed E-state index contributed by atoms with van der Waals surface area (Å²) in [7, 11) is 0. The number of hydrogen-bond acceptors (Lipinski definition) is 4. The van der Waals surface area contributed by atoms with Crippen LogP contribution in [0.1, 0.15) is 11.1 Å². The first-order valence-electron chi connectivity index (χ1n) is 5.74. The van der Waals surface area contributed by atoms with Crippen molar-refractivity contribution in [3.63, 3.8) is 0 Å². The molecule has 1 heterocycles. The zero-order valence-electron chi connectivity index (χ0n) is 10.3. The maximum Gasteiger partial charge on any atom is 0.416 e. The van der Waals surface area contributed by atoms with Gasteiger partial charge in [0.2, 0.25) is 0 Å². The van der Waals surface area contributed by atoms with Gasteiger partial charge in [-0.05, 0) is 30.7 Å². The van der Waals surface area contributed by atoms with Crippen LogP contribution >= 0.6 is 0 Å². The minimum Gasteiger partial charge on any atom is -0.463 e. The summed E-state index contributed by atoms with van der Waals surface area (Å²) >= 11 is 0. The lowest BCUT2D eigenvalue weighted by Crippen LogP contribution is -2.19. The van der Waals surface area contributed by atoms with Crippen molar-refractivity contribution in [2.24, 2.45) is 10.7 Å². The highest BCUT2D eigenvalue weighted by Gasteiger charge is 2.30. The van der Waals surface area contributed by atoms with E-state index in [0.29, 0.717) is 24.4 Å². The molecular formula is C12H14F3N3O. The highest BCUT2D eigenvalue weighted by atomic mass is 19.4. The molecule has 0 saturated heterocycles. The first kappa shape index (κ1) is 13.5. The zero-order chi connectivity index (χ0) is 14.0.